The molecule has 1 atom stereocenters. The zero-order chi connectivity index (χ0) is 16.1. The number of halogens is 1. The van der Waals surface area contributed by atoms with E-state index in [1.165, 1.54) is 0 Å². The van der Waals surface area contributed by atoms with E-state index < -0.39 is 0 Å². The molecule has 1 aromatic rings. The highest BCUT2D eigenvalue weighted by atomic mass is 35.5. The predicted octanol–water partition coefficient (Wildman–Crippen LogP) is 3.73. The highest BCUT2D eigenvalue weighted by Crippen LogP contribution is 2.19. The van der Waals surface area contributed by atoms with Crippen molar-refractivity contribution in [1.29, 1.82) is 0 Å². The molecule has 0 unspecified atom stereocenters. The Balaban J connectivity index is 1.91. The molecule has 4 nitrogen and oxygen atoms in total. The van der Waals surface area contributed by atoms with E-state index in [1.54, 1.807) is 0 Å². The molecule has 1 aliphatic heterocycles. The third kappa shape index (κ3) is 4.47. The number of carbonyl (C=O) groups excluding carboxylic acids is 1. The molecule has 1 aromatic carbocycles. The minimum atomic E-state index is -0.0678. The van der Waals surface area contributed by atoms with Gasteiger partial charge in [-0.1, -0.05) is 42.7 Å². The lowest BCUT2D eigenvalue weighted by Crippen LogP contribution is -2.38. The second-order valence-corrected chi connectivity index (χ2v) is 6.44. The monoisotopic (exact) mass is 322 g/mol. The van der Waals surface area contributed by atoms with Crippen molar-refractivity contribution >= 4 is 23.2 Å². The van der Waals surface area contributed by atoms with Gasteiger partial charge in [-0.15, -0.1) is 0 Å². The molecular weight excluding hydrogens is 300 g/mol. The van der Waals surface area contributed by atoms with Gasteiger partial charge in [0.2, 0.25) is 5.91 Å². The van der Waals surface area contributed by atoms with Crippen LogP contribution in [0.3, 0.4) is 0 Å². The van der Waals surface area contributed by atoms with Crippen LogP contribution in [0.5, 0.6) is 0 Å². The van der Waals surface area contributed by atoms with Gasteiger partial charge < -0.3 is 9.74 Å². The van der Waals surface area contributed by atoms with Crippen LogP contribution in [0.25, 0.3) is 0 Å². The summed E-state index contributed by atoms with van der Waals surface area (Å²) in [5.74, 6) is 0.549. The first-order chi connectivity index (χ1) is 10.5. The van der Waals surface area contributed by atoms with Crippen LogP contribution in [0.2, 0.25) is 5.02 Å². The van der Waals surface area contributed by atoms with Crippen molar-refractivity contribution in [2.45, 2.75) is 39.7 Å². The molecule has 0 spiro atoms. The van der Waals surface area contributed by atoms with Gasteiger partial charge in [0.25, 0.3) is 0 Å². The number of amides is 1. The fourth-order valence-corrected chi connectivity index (χ4v) is 2.60. The van der Waals surface area contributed by atoms with Gasteiger partial charge in [0.05, 0.1) is 12.3 Å². The third-order valence-electron chi connectivity index (χ3n) is 3.65. The van der Waals surface area contributed by atoms with Crippen molar-refractivity contribution in [2.24, 2.45) is 11.1 Å². The number of benzene rings is 1. The minimum absolute atomic E-state index is 0.0678. The Labute approximate surface area is 137 Å². The molecule has 0 fully saturated rings. The highest BCUT2D eigenvalue weighted by molar-refractivity contribution is 6.30. The van der Waals surface area contributed by atoms with E-state index in [2.05, 4.69) is 19.0 Å². The zero-order valence-corrected chi connectivity index (χ0v) is 14.1. The van der Waals surface area contributed by atoms with Crippen molar-refractivity contribution in [3.8, 4) is 0 Å². The third-order valence-corrected chi connectivity index (χ3v) is 3.90. The quantitative estimate of drug-likeness (QED) is 0.801. The summed E-state index contributed by atoms with van der Waals surface area (Å²) >= 11 is 5.90. The molecule has 0 radical (unpaired) electrons. The van der Waals surface area contributed by atoms with Gasteiger partial charge in [0.15, 0.2) is 6.10 Å². The molecule has 1 amide bonds. The van der Waals surface area contributed by atoms with Gasteiger partial charge in [-0.05, 0) is 30.5 Å². The van der Waals surface area contributed by atoms with Crippen LogP contribution in [-0.2, 0) is 9.63 Å². The Kier molecular flexibility index (Phi) is 5.83. The lowest BCUT2D eigenvalue weighted by atomic mass is 10.0. The van der Waals surface area contributed by atoms with Crippen molar-refractivity contribution in [3.63, 3.8) is 0 Å². The maximum Gasteiger partial charge on any atom is 0.222 e. The van der Waals surface area contributed by atoms with Crippen LogP contribution in [0, 0.1) is 5.92 Å². The fraction of sp³-hybridized carbons (Fsp3) is 0.529. The second-order valence-electron chi connectivity index (χ2n) is 6.01. The number of hydrogen-bond acceptors (Lipinski definition) is 3. The van der Waals surface area contributed by atoms with E-state index in [0.717, 1.165) is 11.3 Å². The molecule has 0 saturated carbocycles. The maximum atomic E-state index is 12.2. The number of likely N-dealkylation sites (N-methyl/N-ethyl adjacent to an activating group) is 1. The van der Waals surface area contributed by atoms with Crippen LogP contribution < -0.4 is 0 Å². The molecule has 1 aliphatic rings. The van der Waals surface area contributed by atoms with Gasteiger partial charge >= 0.3 is 0 Å². The lowest BCUT2D eigenvalue weighted by molar-refractivity contribution is -0.133. The fourth-order valence-electron chi connectivity index (χ4n) is 2.47. The molecular formula is C17H23ClN2O2. The van der Waals surface area contributed by atoms with Crippen LogP contribution in [0.15, 0.2) is 29.4 Å². The van der Waals surface area contributed by atoms with E-state index in [-0.39, 0.29) is 12.0 Å². The van der Waals surface area contributed by atoms with Crippen LogP contribution in [-0.4, -0.2) is 35.7 Å². The highest BCUT2D eigenvalue weighted by Gasteiger charge is 2.26. The first-order valence-electron chi connectivity index (χ1n) is 7.76. The Morgan fingerprint density at radius 1 is 1.41 bits per heavy atom. The molecule has 120 valence electrons. The van der Waals surface area contributed by atoms with E-state index in [9.17, 15) is 4.79 Å². The molecule has 22 heavy (non-hydrogen) atoms. The summed E-state index contributed by atoms with van der Waals surface area (Å²) < 4.78 is 0. The van der Waals surface area contributed by atoms with Gasteiger partial charge in [-0.3, -0.25) is 4.79 Å². The van der Waals surface area contributed by atoms with E-state index in [0.29, 0.717) is 36.9 Å². The number of nitrogens with zero attached hydrogens (tertiary/aromatic N) is 2. The Morgan fingerprint density at radius 2 is 2.09 bits per heavy atom. The average Bonchev–Trinajstić information content (AvgIpc) is 2.93. The van der Waals surface area contributed by atoms with Gasteiger partial charge in [0, 0.05) is 24.4 Å². The number of rotatable bonds is 6. The molecule has 1 heterocycles. The zero-order valence-electron chi connectivity index (χ0n) is 13.4. The first-order valence-corrected chi connectivity index (χ1v) is 8.13. The normalized spacial score (nSPS) is 17.3. The Morgan fingerprint density at radius 3 is 2.68 bits per heavy atom. The second kappa shape index (κ2) is 7.63. The largest absolute Gasteiger partial charge is 0.390 e. The van der Waals surface area contributed by atoms with Gasteiger partial charge in [-0.25, -0.2) is 0 Å². The number of hydrogen-bond donors (Lipinski definition) is 0. The predicted molar refractivity (Wildman–Crippen MR) is 89.2 cm³/mol. The Hall–Kier alpha value is -1.55. The van der Waals surface area contributed by atoms with Crippen LogP contribution in [0.1, 0.15) is 39.2 Å². The van der Waals surface area contributed by atoms with Crippen molar-refractivity contribution in [3.05, 3.63) is 34.9 Å². The molecule has 5 heteroatoms. The lowest BCUT2D eigenvalue weighted by Gasteiger charge is -2.24. The molecule has 0 N–H and O–H groups in total. The van der Waals surface area contributed by atoms with E-state index in [1.807, 2.05) is 36.1 Å². The summed E-state index contributed by atoms with van der Waals surface area (Å²) in [6.07, 6.45) is 1.22. The summed E-state index contributed by atoms with van der Waals surface area (Å²) in [5.41, 5.74) is 1.93. The van der Waals surface area contributed by atoms with Gasteiger partial charge in [0.1, 0.15) is 0 Å². The first kappa shape index (κ1) is 16.8. The van der Waals surface area contributed by atoms with E-state index in [4.69, 9.17) is 16.4 Å². The molecule has 0 saturated heterocycles. The molecule has 0 aliphatic carbocycles. The maximum absolute atomic E-state index is 12.2. The van der Waals surface area contributed by atoms with Crippen molar-refractivity contribution in [1.82, 2.24) is 4.90 Å². The summed E-state index contributed by atoms with van der Waals surface area (Å²) in [6, 6.07) is 7.57. The Bertz CT molecular complexity index is 540. The van der Waals surface area contributed by atoms with Crippen LogP contribution in [0.4, 0.5) is 0 Å². The topological polar surface area (TPSA) is 41.9 Å². The summed E-state index contributed by atoms with van der Waals surface area (Å²) in [5, 5.41) is 4.87. The smallest absolute Gasteiger partial charge is 0.222 e. The SMILES string of the molecule is CCN(C[C@@H]1CC(c2ccc(Cl)cc2)=NO1)C(=O)CC(C)C. The van der Waals surface area contributed by atoms with Crippen molar-refractivity contribution in [2.75, 3.05) is 13.1 Å². The van der Waals surface area contributed by atoms with E-state index >= 15 is 0 Å². The number of carbonyl (C=O) groups is 1. The van der Waals surface area contributed by atoms with Crippen LogP contribution >= 0.6 is 11.6 Å². The average molecular weight is 323 g/mol. The van der Waals surface area contributed by atoms with Gasteiger partial charge in [-0.2, -0.15) is 0 Å². The summed E-state index contributed by atoms with van der Waals surface area (Å²) in [6.45, 7) is 7.39. The van der Waals surface area contributed by atoms with Crippen molar-refractivity contribution < 1.29 is 9.63 Å². The molecule has 2 rings (SSSR count). The molecule has 0 bridgehead atoms. The summed E-state index contributed by atoms with van der Waals surface area (Å²) in [7, 11) is 0. The summed E-state index contributed by atoms with van der Waals surface area (Å²) in [4.78, 5) is 19.5. The molecule has 0 aromatic heterocycles. The number of oxime groups is 1. The standard InChI is InChI=1S/C17H23ClN2O2/c1-4-20(17(21)9-12(2)3)11-15-10-16(19-22-15)13-5-7-14(18)8-6-13/h5-8,12,15H,4,9-11H2,1-3H3/t15-/m0/s1. The minimum Gasteiger partial charge on any atom is -0.390 e.